The van der Waals surface area contributed by atoms with Crippen molar-refractivity contribution in [1.82, 2.24) is 15.5 Å². The largest absolute Gasteiger partial charge is 0.390 e. The minimum Gasteiger partial charge on any atom is -0.390 e. The Bertz CT molecular complexity index is 1510. The number of nitrogens with zero attached hydrogens (tertiary/aromatic N) is 1. The first kappa shape index (κ1) is 36.4. The van der Waals surface area contributed by atoms with Crippen LogP contribution in [0.3, 0.4) is 0 Å². The number of thiophene rings is 1. The fourth-order valence-corrected chi connectivity index (χ4v) is 6.29. The lowest BCUT2D eigenvalue weighted by Gasteiger charge is -2.23. The molecular weight excluding hydrogens is 616 g/mol. The predicted molar refractivity (Wildman–Crippen MR) is 174 cm³/mol. The van der Waals surface area contributed by atoms with Crippen molar-refractivity contribution in [2.45, 2.75) is 51.5 Å². The number of aryl methyl sites for hydroxylation is 1. The fraction of sp³-hybridized carbons (Fsp3) is 0.394. The van der Waals surface area contributed by atoms with Gasteiger partial charge in [-0.25, -0.2) is 0 Å². The molecule has 46 heavy (non-hydrogen) atoms. The number of hydrogen-bond acceptors (Lipinski definition) is 8. The van der Waals surface area contributed by atoms with E-state index in [-0.39, 0.29) is 36.2 Å². The number of carbonyl (C=O) groups is 3. The number of amides is 2. The molecule has 1 aromatic heterocycles. The van der Waals surface area contributed by atoms with Crippen LogP contribution in [0, 0.1) is 12.3 Å². The zero-order valence-electron chi connectivity index (χ0n) is 26.4. The summed E-state index contributed by atoms with van der Waals surface area (Å²) in [5.41, 5.74) is 6.34. The standard InChI is InChI=1S/C23H20F2N2O5.C7H11NS.C2H6.CH4N2/c24-23(25)18-4-2-1-3-16(18)17-9-14(5-6-19(17)23)21(30)26-11-20(29)27-13-22(10-15(27)12-28)31-7-8-32-22;1-6-3-7(4-8-2)9-5-6;1-2;2-1-3/h1-6,9,12,15H,7-8,10-11,13H2,(H,26,30);3,5,8H,4H2,1-2H3;1-2H3;1H,(H3,2,3). The molecule has 1 unspecified atom stereocenters. The van der Waals surface area contributed by atoms with Crippen LogP contribution in [0.1, 0.15) is 52.2 Å². The number of fused-ring (bicyclic) bond motifs is 3. The van der Waals surface area contributed by atoms with E-state index in [4.69, 9.17) is 14.9 Å². The number of benzene rings is 2. The maximum atomic E-state index is 14.7. The molecule has 248 valence electrons. The van der Waals surface area contributed by atoms with Crippen LogP contribution < -0.4 is 16.4 Å². The normalized spacial score (nSPS) is 17.6. The van der Waals surface area contributed by atoms with Crippen molar-refractivity contribution in [1.29, 1.82) is 5.41 Å². The maximum Gasteiger partial charge on any atom is 0.299 e. The van der Waals surface area contributed by atoms with Gasteiger partial charge in [0.15, 0.2) is 5.79 Å². The summed E-state index contributed by atoms with van der Waals surface area (Å²) in [5.74, 6) is -5.12. The summed E-state index contributed by atoms with van der Waals surface area (Å²) in [6.07, 6.45) is 1.66. The van der Waals surface area contributed by atoms with Crippen LogP contribution in [0.25, 0.3) is 11.1 Å². The number of nitrogens with two attached hydrogens (primary N) is 1. The van der Waals surface area contributed by atoms with Gasteiger partial charge in [0.2, 0.25) is 5.91 Å². The van der Waals surface area contributed by atoms with E-state index in [1.165, 1.54) is 39.6 Å². The number of alkyl halides is 2. The molecule has 0 saturated carbocycles. The summed E-state index contributed by atoms with van der Waals surface area (Å²) < 4.78 is 40.5. The van der Waals surface area contributed by atoms with E-state index in [2.05, 4.69) is 34.7 Å². The Morgan fingerprint density at radius 2 is 1.76 bits per heavy atom. The Labute approximate surface area is 271 Å². The Morgan fingerprint density at radius 1 is 1.11 bits per heavy atom. The summed E-state index contributed by atoms with van der Waals surface area (Å²) in [4.78, 5) is 39.5. The Hall–Kier alpha value is -4.04. The number of ether oxygens (including phenoxy) is 2. The number of hydrogen-bond donors (Lipinski definition) is 4. The van der Waals surface area contributed by atoms with Crippen LogP contribution in [0.2, 0.25) is 0 Å². The van der Waals surface area contributed by atoms with Gasteiger partial charge in [-0.2, -0.15) is 8.78 Å². The van der Waals surface area contributed by atoms with Crippen LogP contribution in [0.4, 0.5) is 8.78 Å². The molecular formula is C33H41F2N5O5S. The summed E-state index contributed by atoms with van der Waals surface area (Å²) in [5, 5.41) is 13.7. The van der Waals surface area contributed by atoms with E-state index in [0.717, 1.165) is 12.9 Å². The second kappa shape index (κ2) is 16.5. The number of aldehydes is 1. The van der Waals surface area contributed by atoms with Gasteiger partial charge in [0.1, 0.15) is 6.29 Å². The SMILES string of the molecule is CC.CNCc1cc(C)cs1.N=CN.O=CC1CC2(CN1C(=O)CNC(=O)c1ccc3c(c1)-c1ccccc1C3(F)F)OCCO2. The van der Waals surface area contributed by atoms with Crippen molar-refractivity contribution < 1.29 is 32.6 Å². The molecule has 2 fully saturated rings. The van der Waals surface area contributed by atoms with Crippen molar-refractivity contribution in [3.8, 4) is 11.1 Å². The number of halogens is 2. The van der Waals surface area contributed by atoms with Crippen LogP contribution in [-0.2, 0) is 31.5 Å². The Morgan fingerprint density at radius 3 is 2.37 bits per heavy atom. The van der Waals surface area contributed by atoms with E-state index in [0.29, 0.717) is 30.6 Å². The van der Waals surface area contributed by atoms with Crippen molar-refractivity contribution >= 4 is 35.8 Å². The summed E-state index contributed by atoms with van der Waals surface area (Å²) in [6, 6.07) is 11.7. The van der Waals surface area contributed by atoms with Crippen LogP contribution >= 0.6 is 11.3 Å². The number of rotatable bonds is 6. The zero-order valence-corrected chi connectivity index (χ0v) is 27.2. The molecule has 1 spiro atoms. The van der Waals surface area contributed by atoms with Gasteiger partial charge in [-0.15, -0.1) is 11.3 Å². The molecule has 6 rings (SSSR count). The van der Waals surface area contributed by atoms with Crippen LogP contribution in [0.5, 0.6) is 0 Å². The van der Waals surface area contributed by atoms with E-state index >= 15 is 0 Å². The quantitative estimate of drug-likeness (QED) is 0.174. The maximum absolute atomic E-state index is 14.7. The first-order chi connectivity index (χ1) is 22.1. The highest BCUT2D eigenvalue weighted by Gasteiger charge is 2.50. The highest BCUT2D eigenvalue weighted by atomic mass is 32.1. The number of carbonyl (C=O) groups excluding carboxylic acids is 3. The highest BCUT2D eigenvalue weighted by Crippen LogP contribution is 2.50. The van der Waals surface area contributed by atoms with Crippen molar-refractivity contribution in [2.75, 3.05) is 33.4 Å². The third kappa shape index (κ3) is 8.21. The smallest absolute Gasteiger partial charge is 0.299 e. The Kier molecular flexibility index (Phi) is 13.1. The molecule has 0 radical (unpaired) electrons. The molecule has 10 nitrogen and oxygen atoms in total. The molecule has 1 aliphatic carbocycles. The molecule has 1 atom stereocenters. The molecule has 0 bridgehead atoms. The van der Waals surface area contributed by atoms with E-state index in [1.54, 1.807) is 18.2 Å². The molecule has 3 heterocycles. The molecule has 13 heteroatoms. The van der Waals surface area contributed by atoms with Gasteiger partial charge in [0.25, 0.3) is 11.8 Å². The highest BCUT2D eigenvalue weighted by molar-refractivity contribution is 7.10. The molecule has 2 saturated heterocycles. The van der Waals surface area contributed by atoms with Crippen molar-refractivity contribution in [3.63, 3.8) is 0 Å². The van der Waals surface area contributed by atoms with Crippen LogP contribution in [-0.4, -0.2) is 74.5 Å². The topological polar surface area (TPSA) is 147 Å². The first-order valence-corrected chi connectivity index (χ1v) is 15.8. The third-order valence-electron chi connectivity index (χ3n) is 7.33. The molecule has 2 aromatic carbocycles. The lowest BCUT2D eigenvalue weighted by Crippen LogP contribution is -2.44. The minimum atomic E-state index is -3.13. The minimum absolute atomic E-state index is 0.0954. The third-order valence-corrected chi connectivity index (χ3v) is 8.39. The van der Waals surface area contributed by atoms with E-state index in [9.17, 15) is 23.2 Å². The van der Waals surface area contributed by atoms with Crippen molar-refractivity contribution in [3.05, 3.63) is 81.0 Å². The van der Waals surface area contributed by atoms with Gasteiger partial charge in [0, 0.05) is 34.5 Å². The van der Waals surface area contributed by atoms with Gasteiger partial charge >= 0.3 is 0 Å². The second-order valence-corrected chi connectivity index (χ2v) is 11.4. The first-order valence-electron chi connectivity index (χ1n) is 14.9. The van der Waals surface area contributed by atoms with E-state index < -0.39 is 29.6 Å². The van der Waals surface area contributed by atoms with Gasteiger partial charge in [-0.05, 0) is 54.2 Å². The number of nitrogens with one attached hydrogen (secondary N) is 3. The average Bonchev–Trinajstić information content (AvgIpc) is 3.84. The van der Waals surface area contributed by atoms with Gasteiger partial charge in [-0.3, -0.25) is 15.0 Å². The van der Waals surface area contributed by atoms with Crippen molar-refractivity contribution in [2.24, 2.45) is 5.73 Å². The second-order valence-electron chi connectivity index (χ2n) is 10.4. The fourth-order valence-electron chi connectivity index (χ4n) is 5.41. The molecule has 5 N–H and O–H groups in total. The van der Waals surface area contributed by atoms with Crippen LogP contribution in [0.15, 0.2) is 53.9 Å². The van der Waals surface area contributed by atoms with Gasteiger partial charge in [0.05, 0.1) is 38.7 Å². The van der Waals surface area contributed by atoms with E-state index in [1.807, 2.05) is 32.2 Å². The lowest BCUT2D eigenvalue weighted by atomic mass is 10.0. The summed E-state index contributed by atoms with van der Waals surface area (Å²) >= 11 is 1.81. The number of likely N-dealkylation sites (tertiary alicyclic amines) is 1. The molecule has 3 aromatic rings. The summed E-state index contributed by atoms with van der Waals surface area (Å²) in [6.45, 7) is 7.67. The molecule has 2 amide bonds. The predicted octanol–water partition coefficient (Wildman–Crippen LogP) is 4.43. The monoisotopic (exact) mass is 657 g/mol. The Balaban J connectivity index is 0.000000346. The summed E-state index contributed by atoms with van der Waals surface area (Å²) in [7, 11) is 1.97. The molecule has 3 aliphatic rings. The van der Waals surface area contributed by atoms with Gasteiger partial charge in [-0.1, -0.05) is 44.2 Å². The molecule has 2 aliphatic heterocycles. The van der Waals surface area contributed by atoms with Gasteiger partial charge < -0.3 is 35.5 Å². The zero-order chi connectivity index (χ0) is 33.9. The average molecular weight is 658 g/mol. The lowest BCUT2D eigenvalue weighted by molar-refractivity contribution is -0.152.